The highest BCUT2D eigenvalue weighted by Gasteiger charge is 2.21. The lowest BCUT2D eigenvalue weighted by Gasteiger charge is -2.21. The second-order valence-electron chi connectivity index (χ2n) is 7.61. The van der Waals surface area contributed by atoms with E-state index >= 15 is 0 Å². The number of aryl methyl sites for hydroxylation is 2. The number of benzene rings is 2. The van der Waals surface area contributed by atoms with E-state index in [1.807, 2.05) is 19.1 Å². The number of hydrogen-bond donors (Lipinski definition) is 2. The number of anilines is 1. The molecule has 0 heterocycles. The van der Waals surface area contributed by atoms with Gasteiger partial charge in [-0.15, -0.1) is 0 Å². The fraction of sp³-hybridized carbons (Fsp3) is 0.409. The topological polar surface area (TPSA) is 75.3 Å². The first kappa shape index (κ1) is 20.4. The molecule has 0 spiro atoms. The Balaban J connectivity index is 1.76. The summed E-state index contributed by atoms with van der Waals surface area (Å²) < 4.78 is 28.5. The normalized spacial score (nSPS) is 15.2. The molecule has 0 radical (unpaired) electrons. The maximum atomic E-state index is 12.9. The van der Waals surface area contributed by atoms with Crippen LogP contribution in [0.5, 0.6) is 0 Å². The van der Waals surface area contributed by atoms with Gasteiger partial charge in [0.25, 0.3) is 15.9 Å². The van der Waals surface area contributed by atoms with Crippen LogP contribution < -0.4 is 10.0 Å². The molecule has 2 N–H and O–H groups in total. The number of amides is 1. The monoisotopic (exact) mass is 400 g/mol. The SMILES string of the molecule is Cc1ccccc1NS(=O)(=O)c1cc(C(=O)NCC2CCCCC2)ccc1C. The molecule has 1 fully saturated rings. The van der Waals surface area contributed by atoms with E-state index in [0.717, 1.165) is 18.4 Å². The smallest absolute Gasteiger partial charge is 0.262 e. The Labute approximate surface area is 167 Å². The third kappa shape index (κ3) is 4.93. The van der Waals surface area contributed by atoms with Crippen LogP contribution in [-0.4, -0.2) is 20.9 Å². The summed E-state index contributed by atoms with van der Waals surface area (Å²) in [5.41, 5.74) is 2.34. The Morgan fingerprint density at radius 1 is 1.00 bits per heavy atom. The number of rotatable bonds is 6. The molecule has 0 aliphatic heterocycles. The van der Waals surface area contributed by atoms with Crippen LogP contribution in [0.3, 0.4) is 0 Å². The zero-order valence-electron chi connectivity index (χ0n) is 16.5. The molecule has 3 rings (SSSR count). The van der Waals surface area contributed by atoms with Gasteiger partial charge in [0.2, 0.25) is 0 Å². The molecule has 0 atom stereocenters. The second kappa shape index (κ2) is 8.78. The van der Waals surface area contributed by atoms with Gasteiger partial charge in [-0.2, -0.15) is 0 Å². The number of hydrogen-bond acceptors (Lipinski definition) is 3. The molecule has 0 bridgehead atoms. The van der Waals surface area contributed by atoms with E-state index in [0.29, 0.717) is 29.3 Å². The van der Waals surface area contributed by atoms with Crippen molar-refractivity contribution in [3.8, 4) is 0 Å². The van der Waals surface area contributed by atoms with Crippen LogP contribution in [0.25, 0.3) is 0 Å². The minimum atomic E-state index is -3.79. The Morgan fingerprint density at radius 2 is 1.71 bits per heavy atom. The minimum Gasteiger partial charge on any atom is -0.352 e. The van der Waals surface area contributed by atoms with Crippen molar-refractivity contribution in [1.29, 1.82) is 0 Å². The van der Waals surface area contributed by atoms with Crippen molar-refractivity contribution in [2.24, 2.45) is 5.92 Å². The Kier molecular flexibility index (Phi) is 6.39. The number of carbonyl (C=O) groups is 1. The molecule has 6 heteroatoms. The summed E-state index contributed by atoms with van der Waals surface area (Å²) in [4.78, 5) is 12.7. The molecule has 0 saturated heterocycles. The first-order chi connectivity index (χ1) is 13.4. The first-order valence-corrected chi connectivity index (χ1v) is 11.3. The third-order valence-corrected chi connectivity index (χ3v) is 6.91. The summed E-state index contributed by atoms with van der Waals surface area (Å²) in [6.07, 6.45) is 6.01. The van der Waals surface area contributed by atoms with E-state index in [9.17, 15) is 13.2 Å². The summed E-state index contributed by atoms with van der Waals surface area (Å²) in [5.74, 6) is 0.298. The molecular weight excluding hydrogens is 372 g/mol. The average molecular weight is 401 g/mol. The van der Waals surface area contributed by atoms with Gasteiger partial charge < -0.3 is 5.32 Å². The van der Waals surface area contributed by atoms with Gasteiger partial charge in [-0.3, -0.25) is 9.52 Å². The Bertz CT molecular complexity index is 948. The van der Waals surface area contributed by atoms with E-state index in [2.05, 4.69) is 10.0 Å². The predicted molar refractivity (Wildman–Crippen MR) is 112 cm³/mol. The summed E-state index contributed by atoms with van der Waals surface area (Å²) >= 11 is 0. The van der Waals surface area contributed by atoms with Gasteiger partial charge in [0, 0.05) is 12.1 Å². The average Bonchev–Trinajstić information content (AvgIpc) is 2.69. The molecule has 150 valence electrons. The Hall–Kier alpha value is -2.34. The van der Waals surface area contributed by atoms with Crippen LogP contribution in [0, 0.1) is 19.8 Å². The molecule has 0 unspecified atom stereocenters. The van der Waals surface area contributed by atoms with Crippen molar-refractivity contribution in [2.45, 2.75) is 50.8 Å². The van der Waals surface area contributed by atoms with Gasteiger partial charge in [-0.25, -0.2) is 8.42 Å². The molecule has 1 amide bonds. The minimum absolute atomic E-state index is 0.126. The van der Waals surface area contributed by atoms with Gasteiger partial charge in [0.15, 0.2) is 0 Å². The molecule has 1 aliphatic rings. The zero-order valence-corrected chi connectivity index (χ0v) is 17.3. The van der Waals surface area contributed by atoms with Crippen LogP contribution >= 0.6 is 0 Å². The lowest BCUT2D eigenvalue weighted by molar-refractivity contribution is 0.0943. The van der Waals surface area contributed by atoms with E-state index in [1.54, 1.807) is 31.2 Å². The van der Waals surface area contributed by atoms with E-state index in [-0.39, 0.29) is 10.8 Å². The molecule has 2 aromatic rings. The van der Waals surface area contributed by atoms with Crippen molar-refractivity contribution in [3.05, 3.63) is 59.2 Å². The van der Waals surface area contributed by atoms with Gasteiger partial charge in [-0.05, 0) is 61.9 Å². The fourth-order valence-electron chi connectivity index (χ4n) is 3.65. The van der Waals surface area contributed by atoms with Gasteiger partial charge >= 0.3 is 0 Å². The van der Waals surface area contributed by atoms with Gasteiger partial charge in [0.1, 0.15) is 0 Å². The van der Waals surface area contributed by atoms with Crippen molar-refractivity contribution in [3.63, 3.8) is 0 Å². The van der Waals surface area contributed by atoms with E-state index in [4.69, 9.17) is 0 Å². The van der Waals surface area contributed by atoms with Crippen molar-refractivity contribution >= 4 is 21.6 Å². The van der Waals surface area contributed by atoms with Crippen molar-refractivity contribution in [1.82, 2.24) is 5.32 Å². The number of sulfonamides is 1. The van der Waals surface area contributed by atoms with Crippen LogP contribution in [0.1, 0.15) is 53.6 Å². The quantitative estimate of drug-likeness (QED) is 0.754. The number of carbonyl (C=O) groups excluding carboxylic acids is 1. The predicted octanol–water partition coefficient (Wildman–Crippen LogP) is 4.41. The maximum Gasteiger partial charge on any atom is 0.262 e. The molecule has 0 aromatic heterocycles. The summed E-state index contributed by atoms with van der Waals surface area (Å²) in [5, 5.41) is 2.97. The molecule has 1 saturated carbocycles. The van der Waals surface area contributed by atoms with Crippen LogP contribution in [0.15, 0.2) is 47.4 Å². The van der Waals surface area contributed by atoms with E-state index in [1.165, 1.54) is 25.3 Å². The summed E-state index contributed by atoms with van der Waals surface area (Å²) in [6, 6.07) is 12.0. The lowest BCUT2D eigenvalue weighted by Crippen LogP contribution is -2.30. The van der Waals surface area contributed by atoms with Crippen molar-refractivity contribution < 1.29 is 13.2 Å². The van der Waals surface area contributed by atoms with Crippen LogP contribution in [0.4, 0.5) is 5.69 Å². The zero-order chi connectivity index (χ0) is 20.1. The standard InChI is InChI=1S/C22H28N2O3S/c1-16-8-6-7-11-20(16)24-28(26,27)21-14-19(13-12-17(21)2)22(25)23-15-18-9-4-3-5-10-18/h6-8,11-14,18,24H,3-5,9-10,15H2,1-2H3,(H,23,25). The van der Waals surface area contributed by atoms with Crippen LogP contribution in [-0.2, 0) is 10.0 Å². The molecule has 5 nitrogen and oxygen atoms in total. The largest absolute Gasteiger partial charge is 0.352 e. The third-order valence-electron chi connectivity index (χ3n) is 5.41. The number of para-hydroxylation sites is 1. The van der Waals surface area contributed by atoms with Crippen molar-refractivity contribution in [2.75, 3.05) is 11.3 Å². The first-order valence-electron chi connectivity index (χ1n) is 9.84. The van der Waals surface area contributed by atoms with E-state index < -0.39 is 10.0 Å². The molecule has 28 heavy (non-hydrogen) atoms. The summed E-state index contributed by atoms with van der Waals surface area (Å²) in [6.45, 7) is 4.23. The molecule has 1 aliphatic carbocycles. The molecular formula is C22H28N2O3S. The fourth-order valence-corrected chi connectivity index (χ4v) is 5.05. The lowest BCUT2D eigenvalue weighted by atomic mass is 9.89. The Morgan fingerprint density at radius 3 is 2.43 bits per heavy atom. The molecule has 2 aromatic carbocycles. The summed E-state index contributed by atoms with van der Waals surface area (Å²) in [7, 11) is -3.79. The second-order valence-corrected chi connectivity index (χ2v) is 9.27. The van der Waals surface area contributed by atoms with Crippen LogP contribution in [0.2, 0.25) is 0 Å². The highest BCUT2D eigenvalue weighted by Crippen LogP contribution is 2.24. The van der Waals surface area contributed by atoms with Gasteiger partial charge in [-0.1, -0.05) is 43.5 Å². The maximum absolute atomic E-state index is 12.9. The highest BCUT2D eigenvalue weighted by atomic mass is 32.2. The van der Waals surface area contributed by atoms with Gasteiger partial charge in [0.05, 0.1) is 10.6 Å². The number of nitrogens with one attached hydrogen (secondary N) is 2. The highest BCUT2D eigenvalue weighted by molar-refractivity contribution is 7.92.